The molecule has 0 aromatic carbocycles. The van der Waals surface area contributed by atoms with Crippen LogP contribution in [0.15, 0.2) is 11.1 Å². The van der Waals surface area contributed by atoms with E-state index < -0.39 is 60.2 Å². The van der Waals surface area contributed by atoms with Gasteiger partial charge in [0.05, 0.1) is 13.7 Å². The molecule has 22 heteroatoms. The second-order valence-corrected chi connectivity index (χ2v) is 11.1. The molecular weight excluding hydrogens is 519 g/mol. The van der Waals surface area contributed by atoms with Crippen molar-refractivity contribution < 1.29 is 65.9 Å². The van der Waals surface area contributed by atoms with Gasteiger partial charge in [-0.05, 0) is 0 Å². The third-order valence-electron chi connectivity index (χ3n) is 4.22. The minimum atomic E-state index is -5.73. The van der Waals surface area contributed by atoms with Crippen LogP contribution in [0.2, 0.25) is 0 Å². The Bertz CT molecular complexity index is 1260. The Kier molecular flexibility index (Phi) is 7.03. The Morgan fingerprint density at radius 2 is 1.82 bits per heavy atom. The fourth-order valence-corrected chi connectivity index (χ4v) is 6.05. The summed E-state index contributed by atoms with van der Waals surface area (Å²) in [5, 5.41) is 20.6. The predicted octanol–water partition coefficient (Wildman–Crippen LogP) is -2.91. The van der Waals surface area contributed by atoms with E-state index in [0.717, 1.165) is 0 Å². The number of nitrogens with two attached hydrogens (primary N) is 1. The topological polar surface area (TPSA) is 290 Å². The van der Waals surface area contributed by atoms with E-state index in [1.54, 1.807) is 0 Å². The van der Waals surface area contributed by atoms with Gasteiger partial charge in [-0.3, -0.25) is 18.9 Å². The molecule has 0 spiro atoms. The number of hydrogen-bond donors (Lipinski definition) is 8. The zero-order chi connectivity index (χ0) is 24.9. The molecule has 3 rings (SSSR count). The van der Waals surface area contributed by atoms with Gasteiger partial charge in [-0.15, -0.1) is 0 Å². The molecule has 0 amide bonds. The van der Waals surface area contributed by atoms with E-state index in [2.05, 4.69) is 23.1 Å². The number of aromatic nitrogens is 4. The molecule has 1 fully saturated rings. The molecule has 1 aliphatic rings. The molecule has 3 unspecified atom stereocenters. The van der Waals surface area contributed by atoms with Gasteiger partial charge in [-0.1, -0.05) is 4.98 Å². The van der Waals surface area contributed by atoms with Gasteiger partial charge in [-0.2, -0.15) is 8.62 Å². The number of aliphatic hydroxyl groups is 2. The number of phosphoric acid groups is 3. The van der Waals surface area contributed by atoms with Crippen LogP contribution in [0.5, 0.6) is 0 Å². The van der Waals surface area contributed by atoms with Crippen LogP contribution < -0.4 is 15.9 Å². The summed E-state index contributed by atoms with van der Waals surface area (Å²) >= 11 is 0. The van der Waals surface area contributed by atoms with Crippen molar-refractivity contribution in [2.24, 2.45) is 7.05 Å². The lowest BCUT2D eigenvalue weighted by atomic mass is 10.1. The molecule has 33 heavy (non-hydrogen) atoms. The monoisotopic (exact) mass is 538 g/mol. The van der Waals surface area contributed by atoms with Gasteiger partial charge >= 0.3 is 29.1 Å². The lowest BCUT2D eigenvalue weighted by Gasteiger charge is -2.18. The molecule has 0 bridgehead atoms. The van der Waals surface area contributed by atoms with Crippen molar-refractivity contribution in [3.05, 3.63) is 16.7 Å². The molecule has 6 atom stereocenters. The number of ether oxygens (including phenoxy) is 1. The highest BCUT2D eigenvalue weighted by molar-refractivity contribution is 7.66. The lowest BCUT2D eigenvalue weighted by Crippen LogP contribution is -2.46. The number of aryl methyl sites for hydroxylation is 1. The number of nitrogen functional groups attached to an aromatic ring is 1. The smallest absolute Gasteiger partial charge is 0.387 e. The second-order valence-electron chi connectivity index (χ2n) is 6.69. The van der Waals surface area contributed by atoms with Crippen LogP contribution in [0.4, 0.5) is 5.95 Å². The number of fused-ring (bicyclic) bond motifs is 1. The molecule has 19 nitrogen and oxygen atoms in total. The first-order valence-corrected chi connectivity index (χ1v) is 13.1. The van der Waals surface area contributed by atoms with Gasteiger partial charge in [0.15, 0.2) is 6.33 Å². The second kappa shape index (κ2) is 8.90. The molecule has 2 aromatic rings. The summed E-state index contributed by atoms with van der Waals surface area (Å²) in [5.74, 6) is -0.246. The van der Waals surface area contributed by atoms with E-state index in [0.29, 0.717) is 0 Å². The fraction of sp³-hybridized carbons (Fsp3) is 0.545. The maximum Gasteiger partial charge on any atom is 0.490 e. The Balaban J connectivity index is 1.76. The van der Waals surface area contributed by atoms with Crippen molar-refractivity contribution in [2.75, 3.05) is 12.3 Å². The summed E-state index contributed by atoms with van der Waals surface area (Å²) < 4.78 is 53.3. The molecule has 1 aliphatic heterocycles. The first-order valence-electron chi connectivity index (χ1n) is 8.55. The minimum absolute atomic E-state index is 0.0245. The SMILES string of the molecule is Cn1c[n+]([C@@H]2O[C@H](COP(=O)(O)OP(=O)(O)OP(=O)(O)O)[C@H](O)C2O)c2nc(N)[nH]c(=O)c21. The predicted molar refractivity (Wildman–Crippen MR) is 102 cm³/mol. The van der Waals surface area contributed by atoms with Gasteiger partial charge < -0.3 is 40.3 Å². The van der Waals surface area contributed by atoms with Gasteiger partial charge in [0.25, 0.3) is 11.5 Å². The van der Waals surface area contributed by atoms with Crippen molar-refractivity contribution in [3.8, 4) is 0 Å². The van der Waals surface area contributed by atoms with E-state index in [4.69, 9.17) is 25.2 Å². The van der Waals surface area contributed by atoms with Crippen LogP contribution in [-0.4, -0.2) is 69.2 Å². The fourth-order valence-electron chi connectivity index (χ4n) is 3.02. The highest BCUT2D eigenvalue weighted by atomic mass is 31.3. The molecular formula is C11H19N5O14P3+. The number of aliphatic hydroxyl groups excluding tert-OH is 2. The number of rotatable bonds is 8. The maximum atomic E-state index is 12.1. The average molecular weight is 538 g/mol. The quantitative estimate of drug-likeness (QED) is 0.123. The number of hydrogen-bond acceptors (Lipinski definition) is 12. The third-order valence-corrected chi connectivity index (χ3v) is 8.02. The van der Waals surface area contributed by atoms with E-state index in [-0.39, 0.29) is 17.1 Å². The molecule has 3 heterocycles. The molecule has 9 N–H and O–H groups in total. The third kappa shape index (κ3) is 5.93. The number of aromatic amines is 1. The first kappa shape index (κ1) is 26.1. The average Bonchev–Trinajstić information content (AvgIpc) is 3.07. The summed E-state index contributed by atoms with van der Waals surface area (Å²) in [5.41, 5.74) is 4.96. The summed E-state index contributed by atoms with van der Waals surface area (Å²) in [6.07, 6.45) is -5.00. The van der Waals surface area contributed by atoms with Crippen LogP contribution >= 0.6 is 23.5 Å². The first-order chi connectivity index (χ1) is 15.0. The van der Waals surface area contributed by atoms with Crippen molar-refractivity contribution in [2.45, 2.75) is 24.5 Å². The number of nitrogens with one attached hydrogen (secondary N) is 1. The molecule has 2 aromatic heterocycles. The number of nitrogens with zero attached hydrogens (tertiary/aromatic N) is 3. The van der Waals surface area contributed by atoms with Crippen LogP contribution in [0.25, 0.3) is 11.2 Å². The largest absolute Gasteiger partial charge is 0.490 e. The van der Waals surface area contributed by atoms with Crippen LogP contribution in [0.1, 0.15) is 6.23 Å². The summed E-state index contributed by atoms with van der Waals surface area (Å²) in [7, 11) is -15.3. The van der Waals surface area contributed by atoms with Gasteiger partial charge in [-0.25, -0.2) is 18.3 Å². The summed E-state index contributed by atoms with van der Waals surface area (Å²) in [6.45, 7) is -1.00. The Hall–Kier alpha value is -1.56. The van der Waals surface area contributed by atoms with Crippen LogP contribution in [0.3, 0.4) is 0 Å². The van der Waals surface area contributed by atoms with E-state index >= 15 is 0 Å². The Morgan fingerprint density at radius 3 is 2.42 bits per heavy atom. The van der Waals surface area contributed by atoms with E-state index in [1.807, 2.05) is 0 Å². The normalized spacial score (nSPS) is 27.5. The number of H-pyrrole nitrogens is 1. The van der Waals surface area contributed by atoms with Crippen molar-refractivity contribution in [1.82, 2.24) is 14.5 Å². The van der Waals surface area contributed by atoms with Crippen molar-refractivity contribution >= 4 is 40.6 Å². The zero-order valence-electron chi connectivity index (χ0n) is 16.3. The molecule has 0 aliphatic carbocycles. The van der Waals surface area contributed by atoms with Crippen molar-refractivity contribution in [3.63, 3.8) is 0 Å². The van der Waals surface area contributed by atoms with E-state index in [1.165, 1.54) is 22.5 Å². The Labute approximate surface area is 182 Å². The maximum absolute atomic E-state index is 12.1. The van der Waals surface area contributed by atoms with Crippen molar-refractivity contribution in [1.29, 1.82) is 0 Å². The molecule has 1 saturated heterocycles. The van der Waals surface area contributed by atoms with Crippen LogP contribution in [0, 0.1) is 0 Å². The Morgan fingerprint density at radius 1 is 1.18 bits per heavy atom. The van der Waals surface area contributed by atoms with Gasteiger partial charge in [0.2, 0.25) is 11.7 Å². The highest BCUT2D eigenvalue weighted by Crippen LogP contribution is 2.66. The van der Waals surface area contributed by atoms with E-state index in [9.17, 15) is 33.6 Å². The molecule has 0 radical (unpaired) electrons. The standard InChI is InChI=1S/C11H18N5O14P3/c1-15-3-16(8-5(15)9(19)14-11(12)13-8)10-7(18)6(17)4(28-10)2-27-32(23,24)30-33(25,26)29-31(20,21)22/h3-4,6-7,10,17-18H,2H2,1H3,(H6-,12,13,14,19,20,21,22,23,24,25,26)/p+1/t4-,6+,7?,10-/m1/s1. The molecule has 186 valence electrons. The summed E-state index contributed by atoms with van der Waals surface area (Å²) in [6, 6.07) is 0. The van der Waals surface area contributed by atoms with Gasteiger partial charge in [0.1, 0.15) is 18.3 Å². The van der Waals surface area contributed by atoms with Gasteiger partial charge in [0, 0.05) is 0 Å². The zero-order valence-corrected chi connectivity index (χ0v) is 19.0. The summed E-state index contributed by atoms with van der Waals surface area (Å²) in [4.78, 5) is 54.1. The number of phosphoric ester groups is 1. The molecule has 0 saturated carbocycles. The minimum Gasteiger partial charge on any atom is -0.387 e. The lowest BCUT2D eigenvalue weighted by molar-refractivity contribution is -0.745. The number of imidazole rings is 1. The highest BCUT2D eigenvalue weighted by Gasteiger charge is 2.48. The van der Waals surface area contributed by atoms with Crippen LogP contribution in [-0.2, 0) is 38.6 Å². The number of anilines is 1.